The molecule has 0 fully saturated rings. The molecule has 0 amide bonds. The molecule has 0 unspecified atom stereocenters. The number of Topliss-reactive ketones (excluding diaryl/α,β-unsaturated/α-hetero) is 1. The molecule has 1 aromatic carbocycles. The van der Waals surface area contributed by atoms with Crippen molar-refractivity contribution in [2.75, 3.05) is 0 Å². The fraction of sp³-hybridized carbons (Fsp3) is 0.111. The average Bonchev–Trinajstić information content (AvgIpc) is 2.06. The molecule has 0 aromatic heterocycles. The molecule has 1 aromatic rings. The topological polar surface area (TPSA) is 43.4 Å². The summed E-state index contributed by atoms with van der Waals surface area (Å²) in [5.74, 6) is -1.04. The Morgan fingerprint density at radius 1 is 1.23 bits per heavy atom. The number of ether oxygens (including phenoxy) is 1. The van der Waals surface area contributed by atoms with E-state index in [1.807, 2.05) is 0 Å². The third kappa shape index (κ3) is 4.41. The molecular weight excluding hydrogens is 196 g/mol. The molecule has 0 heterocycles. The molecule has 0 aliphatic rings. The van der Waals surface area contributed by atoms with Gasteiger partial charge in [0.2, 0.25) is 5.78 Å². The molecule has 0 saturated heterocycles. The predicted octanol–water partition coefficient (Wildman–Crippen LogP) is 1.03. The van der Waals surface area contributed by atoms with Gasteiger partial charge < -0.3 is 7.59 Å². The van der Waals surface area contributed by atoms with Gasteiger partial charge in [0.15, 0.2) is 0 Å². The minimum atomic E-state index is -0.832. The van der Waals surface area contributed by atoms with Gasteiger partial charge >= 0.3 is 43.7 Å². The van der Waals surface area contributed by atoms with E-state index in [1.165, 1.54) is 6.92 Å². The van der Waals surface area contributed by atoms with E-state index >= 15 is 0 Å². The van der Waals surface area contributed by atoms with Crippen molar-refractivity contribution >= 4 is 49.5 Å². The van der Waals surface area contributed by atoms with Gasteiger partial charge in [0.25, 0.3) is 0 Å². The minimum Gasteiger partial charge on any atom is -1.00 e. The van der Waals surface area contributed by atoms with Crippen LogP contribution in [0.15, 0.2) is 30.3 Å². The second kappa shape index (κ2) is 6.13. The van der Waals surface area contributed by atoms with Gasteiger partial charge in [0.1, 0.15) is 5.75 Å². The molecule has 0 spiro atoms. The molecule has 0 atom stereocenters. The van der Waals surface area contributed by atoms with E-state index < -0.39 is 11.8 Å². The molecule has 0 radical (unpaired) electrons. The van der Waals surface area contributed by atoms with E-state index in [9.17, 15) is 9.59 Å². The molecule has 4 heteroatoms. The van der Waals surface area contributed by atoms with Crippen molar-refractivity contribution in [3.05, 3.63) is 30.3 Å². The maximum Gasteiger partial charge on any atom is 2.00 e. The third-order valence-electron chi connectivity index (χ3n) is 1.24. The van der Waals surface area contributed by atoms with E-state index in [1.54, 1.807) is 30.3 Å². The summed E-state index contributed by atoms with van der Waals surface area (Å²) in [5, 5.41) is 0. The largest absolute Gasteiger partial charge is 2.00 e. The number of carbonyl (C=O) groups excluding carboxylic acids is 2. The molecule has 0 saturated carbocycles. The molecule has 0 aliphatic carbocycles. The maximum absolute atomic E-state index is 10.7. The van der Waals surface area contributed by atoms with E-state index in [2.05, 4.69) is 4.74 Å². The van der Waals surface area contributed by atoms with Crippen LogP contribution in [0.25, 0.3) is 0 Å². The summed E-state index contributed by atoms with van der Waals surface area (Å²) in [7, 11) is 0. The zero-order chi connectivity index (χ0) is 8.97. The minimum absolute atomic E-state index is 0. The molecule has 13 heavy (non-hydrogen) atoms. The molecule has 0 aliphatic heterocycles. The van der Waals surface area contributed by atoms with Crippen LogP contribution in [0.5, 0.6) is 5.75 Å². The van der Waals surface area contributed by atoms with Crippen molar-refractivity contribution in [3.63, 3.8) is 0 Å². The monoisotopic (exact) mass is 206 g/mol. The zero-order valence-electron chi connectivity index (χ0n) is 9.32. The van der Waals surface area contributed by atoms with Gasteiger partial charge in [0.05, 0.1) is 0 Å². The van der Waals surface area contributed by atoms with Crippen LogP contribution in [0.1, 0.15) is 9.78 Å². The SMILES string of the molecule is CC(=O)C(=O)Oc1ccccc1.[Ca+2].[H-].[H-]. The van der Waals surface area contributed by atoms with Crippen molar-refractivity contribution < 1.29 is 17.2 Å². The Morgan fingerprint density at radius 3 is 2.23 bits per heavy atom. The standard InChI is InChI=1S/C9H8O3.Ca.2H/c1-7(10)9(11)12-8-5-3-2-4-6-8;;;/h2-6H,1H3;;;/q;+2;2*-1. The third-order valence-corrected chi connectivity index (χ3v) is 1.24. The Labute approximate surface area is 109 Å². The number of benzene rings is 1. The van der Waals surface area contributed by atoms with Gasteiger partial charge in [-0.3, -0.25) is 4.79 Å². The maximum atomic E-state index is 10.7. The average molecular weight is 206 g/mol. The van der Waals surface area contributed by atoms with Crippen LogP contribution >= 0.6 is 0 Å². The quantitative estimate of drug-likeness (QED) is 0.314. The number of rotatable bonds is 2. The molecule has 0 bridgehead atoms. The van der Waals surface area contributed by atoms with Crippen LogP contribution in [0.4, 0.5) is 0 Å². The Morgan fingerprint density at radius 2 is 1.77 bits per heavy atom. The van der Waals surface area contributed by atoms with Gasteiger partial charge in [-0.15, -0.1) is 0 Å². The van der Waals surface area contributed by atoms with E-state index in [-0.39, 0.29) is 40.6 Å². The summed E-state index contributed by atoms with van der Waals surface area (Å²) >= 11 is 0. The van der Waals surface area contributed by atoms with E-state index in [0.717, 1.165) is 0 Å². The zero-order valence-corrected chi connectivity index (χ0v) is 9.53. The number of esters is 1. The van der Waals surface area contributed by atoms with Crippen LogP contribution in [0.2, 0.25) is 0 Å². The van der Waals surface area contributed by atoms with Crippen LogP contribution in [-0.2, 0) is 9.59 Å². The molecular formula is C9H10CaO3. The number of ketones is 1. The first-order valence-electron chi connectivity index (χ1n) is 3.48. The Bertz CT molecular complexity index is 303. The van der Waals surface area contributed by atoms with Gasteiger partial charge in [-0.05, 0) is 12.1 Å². The predicted molar refractivity (Wildman–Crippen MR) is 50.7 cm³/mol. The normalized spacial score (nSPS) is 8.38. The van der Waals surface area contributed by atoms with Crippen molar-refractivity contribution in [3.8, 4) is 5.75 Å². The van der Waals surface area contributed by atoms with E-state index in [4.69, 9.17) is 0 Å². The summed E-state index contributed by atoms with van der Waals surface area (Å²) in [5.41, 5.74) is 0. The first-order valence-corrected chi connectivity index (χ1v) is 3.48. The van der Waals surface area contributed by atoms with Crippen LogP contribution in [0, 0.1) is 0 Å². The van der Waals surface area contributed by atoms with Gasteiger partial charge in [-0.1, -0.05) is 18.2 Å². The summed E-state index contributed by atoms with van der Waals surface area (Å²) in [6.07, 6.45) is 0. The second-order valence-corrected chi connectivity index (χ2v) is 2.26. The summed E-state index contributed by atoms with van der Waals surface area (Å²) < 4.78 is 4.69. The van der Waals surface area contributed by atoms with Crippen molar-refractivity contribution in [1.29, 1.82) is 0 Å². The van der Waals surface area contributed by atoms with Crippen LogP contribution in [-0.4, -0.2) is 49.5 Å². The fourth-order valence-corrected chi connectivity index (χ4v) is 0.667. The van der Waals surface area contributed by atoms with Crippen LogP contribution < -0.4 is 4.74 Å². The second-order valence-electron chi connectivity index (χ2n) is 2.26. The Kier molecular flexibility index (Phi) is 5.95. The Hall–Kier alpha value is -0.380. The van der Waals surface area contributed by atoms with Gasteiger partial charge in [-0.2, -0.15) is 0 Å². The van der Waals surface area contributed by atoms with Crippen molar-refractivity contribution in [1.82, 2.24) is 0 Å². The first kappa shape index (κ1) is 12.6. The van der Waals surface area contributed by atoms with Crippen LogP contribution in [0.3, 0.4) is 0 Å². The van der Waals surface area contributed by atoms with Gasteiger partial charge in [0, 0.05) is 6.92 Å². The summed E-state index contributed by atoms with van der Waals surface area (Å²) in [6.45, 7) is 1.17. The summed E-state index contributed by atoms with van der Waals surface area (Å²) in [4.78, 5) is 21.2. The first-order chi connectivity index (χ1) is 5.70. The Balaban J connectivity index is -0.000000480. The number of hydrogen-bond acceptors (Lipinski definition) is 3. The van der Waals surface area contributed by atoms with Crippen molar-refractivity contribution in [2.45, 2.75) is 6.92 Å². The van der Waals surface area contributed by atoms with Crippen molar-refractivity contribution in [2.24, 2.45) is 0 Å². The molecule has 0 N–H and O–H groups in total. The molecule has 1 rings (SSSR count). The number of hydrogen-bond donors (Lipinski definition) is 0. The summed E-state index contributed by atoms with van der Waals surface area (Å²) in [6, 6.07) is 8.47. The smallest absolute Gasteiger partial charge is 1.00 e. The number of carbonyl (C=O) groups is 2. The number of para-hydroxylation sites is 1. The fourth-order valence-electron chi connectivity index (χ4n) is 0.667. The molecule has 3 nitrogen and oxygen atoms in total. The molecule has 66 valence electrons. The van der Waals surface area contributed by atoms with E-state index in [0.29, 0.717) is 5.75 Å². The van der Waals surface area contributed by atoms with Gasteiger partial charge in [-0.25, -0.2) is 4.79 Å².